The highest BCUT2D eigenvalue weighted by atomic mass is 32.1. The first-order valence-corrected chi connectivity index (χ1v) is 8.25. The molecule has 0 atom stereocenters. The van der Waals surface area contributed by atoms with Gasteiger partial charge in [0.05, 0.1) is 6.61 Å². The summed E-state index contributed by atoms with van der Waals surface area (Å²) in [6, 6.07) is 7.53. The first-order valence-electron chi connectivity index (χ1n) is 7.37. The number of nitrogens with one attached hydrogen (secondary N) is 2. The minimum atomic E-state index is -0.307. The van der Waals surface area contributed by atoms with Gasteiger partial charge in [0.25, 0.3) is 11.8 Å². The summed E-state index contributed by atoms with van der Waals surface area (Å²) in [5, 5.41) is 7.31. The van der Waals surface area contributed by atoms with E-state index in [1.165, 1.54) is 0 Å². The first kappa shape index (κ1) is 17.0. The number of rotatable bonds is 7. The van der Waals surface area contributed by atoms with Gasteiger partial charge in [0.15, 0.2) is 5.01 Å². The van der Waals surface area contributed by atoms with Crippen molar-refractivity contribution >= 4 is 23.2 Å². The number of thiazole rings is 1. The fourth-order valence-electron chi connectivity index (χ4n) is 1.90. The molecule has 0 unspecified atom stereocenters. The Hall–Kier alpha value is -2.41. The first-order chi connectivity index (χ1) is 11.1. The summed E-state index contributed by atoms with van der Waals surface area (Å²) in [4.78, 5) is 27.8. The highest BCUT2D eigenvalue weighted by Gasteiger charge is 2.14. The van der Waals surface area contributed by atoms with E-state index in [9.17, 15) is 9.59 Å². The molecular formula is C16H19N3O3S. The van der Waals surface area contributed by atoms with E-state index in [4.69, 9.17) is 4.74 Å². The second-order valence-electron chi connectivity index (χ2n) is 4.66. The van der Waals surface area contributed by atoms with Gasteiger partial charge in [0, 0.05) is 18.5 Å². The fourth-order valence-corrected chi connectivity index (χ4v) is 2.62. The minimum absolute atomic E-state index is 0.247. The zero-order valence-corrected chi connectivity index (χ0v) is 13.9. The molecule has 7 heteroatoms. The topological polar surface area (TPSA) is 80.3 Å². The molecule has 2 amide bonds. The Labute approximate surface area is 138 Å². The Bertz CT molecular complexity index is 685. The third kappa shape index (κ3) is 4.79. The Kier molecular flexibility index (Phi) is 6.10. The summed E-state index contributed by atoms with van der Waals surface area (Å²) < 4.78 is 5.42. The van der Waals surface area contributed by atoms with Gasteiger partial charge in [0.1, 0.15) is 11.4 Å². The molecule has 1 heterocycles. The third-order valence-corrected chi connectivity index (χ3v) is 3.77. The third-order valence-electron chi connectivity index (χ3n) is 2.93. The van der Waals surface area contributed by atoms with Crippen LogP contribution in [0.4, 0.5) is 0 Å². The molecule has 0 aliphatic carbocycles. The summed E-state index contributed by atoms with van der Waals surface area (Å²) in [5.74, 6) is 0.200. The van der Waals surface area contributed by atoms with Crippen LogP contribution < -0.4 is 15.4 Å². The molecule has 2 rings (SSSR count). The van der Waals surface area contributed by atoms with E-state index >= 15 is 0 Å². The van der Waals surface area contributed by atoms with Crippen LogP contribution in [-0.2, 0) is 6.54 Å². The van der Waals surface area contributed by atoms with Crippen molar-refractivity contribution in [3.63, 3.8) is 0 Å². The second kappa shape index (κ2) is 8.28. The maximum atomic E-state index is 12.1. The van der Waals surface area contributed by atoms with Gasteiger partial charge >= 0.3 is 0 Å². The van der Waals surface area contributed by atoms with E-state index in [-0.39, 0.29) is 22.5 Å². The van der Waals surface area contributed by atoms with E-state index in [0.29, 0.717) is 19.7 Å². The average Bonchev–Trinajstić information content (AvgIpc) is 3.04. The lowest BCUT2D eigenvalue weighted by molar-refractivity contribution is 0.0946. The van der Waals surface area contributed by atoms with Crippen LogP contribution in [0.1, 0.15) is 39.7 Å². The molecule has 0 bridgehead atoms. The van der Waals surface area contributed by atoms with Gasteiger partial charge in [-0.2, -0.15) is 0 Å². The van der Waals surface area contributed by atoms with Crippen LogP contribution in [0.3, 0.4) is 0 Å². The standard InChI is InChI=1S/C16H19N3O3S/c1-3-17-15(21)16-19-13(10-23-16)14(20)18-9-11-6-5-7-12(8-11)22-4-2/h5-8,10H,3-4,9H2,1-2H3,(H,17,21)(H,18,20). The number of hydrogen-bond donors (Lipinski definition) is 2. The van der Waals surface area contributed by atoms with Crippen LogP contribution in [0.15, 0.2) is 29.6 Å². The molecule has 1 aromatic heterocycles. The van der Waals surface area contributed by atoms with Crippen molar-refractivity contribution in [2.24, 2.45) is 0 Å². The van der Waals surface area contributed by atoms with E-state index in [0.717, 1.165) is 22.6 Å². The molecule has 122 valence electrons. The predicted octanol–water partition coefficient (Wildman–Crippen LogP) is 2.22. The quantitative estimate of drug-likeness (QED) is 0.814. The van der Waals surface area contributed by atoms with Crippen LogP contribution in [0.2, 0.25) is 0 Å². The summed E-state index contributed by atoms with van der Waals surface area (Å²) >= 11 is 1.15. The fraction of sp³-hybridized carbons (Fsp3) is 0.312. The van der Waals surface area contributed by atoms with Gasteiger partial charge in [-0.05, 0) is 31.5 Å². The number of ether oxygens (including phenoxy) is 1. The van der Waals surface area contributed by atoms with Gasteiger partial charge in [-0.15, -0.1) is 11.3 Å². The number of benzene rings is 1. The lowest BCUT2D eigenvalue weighted by Crippen LogP contribution is -2.25. The van der Waals surface area contributed by atoms with Gasteiger partial charge < -0.3 is 15.4 Å². The molecule has 6 nitrogen and oxygen atoms in total. The number of nitrogens with zero attached hydrogens (tertiary/aromatic N) is 1. The Morgan fingerprint density at radius 1 is 1.22 bits per heavy atom. The molecule has 0 spiro atoms. The number of carbonyl (C=O) groups is 2. The second-order valence-corrected chi connectivity index (χ2v) is 5.52. The SMILES string of the molecule is CCNC(=O)c1nc(C(=O)NCc2cccc(OCC)c2)cs1. The lowest BCUT2D eigenvalue weighted by Gasteiger charge is -2.07. The molecule has 1 aromatic carbocycles. The molecule has 0 aliphatic rings. The molecule has 23 heavy (non-hydrogen) atoms. The number of amides is 2. The zero-order valence-electron chi connectivity index (χ0n) is 13.1. The van der Waals surface area contributed by atoms with Crippen molar-refractivity contribution < 1.29 is 14.3 Å². The number of hydrogen-bond acceptors (Lipinski definition) is 5. The molecular weight excluding hydrogens is 314 g/mol. The van der Waals surface area contributed by atoms with Crippen LogP contribution in [0, 0.1) is 0 Å². The summed E-state index contributed by atoms with van der Waals surface area (Å²) in [7, 11) is 0. The van der Waals surface area contributed by atoms with E-state index in [2.05, 4.69) is 15.6 Å². The number of aromatic nitrogens is 1. The highest BCUT2D eigenvalue weighted by Crippen LogP contribution is 2.14. The van der Waals surface area contributed by atoms with Gasteiger partial charge in [-0.3, -0.25) is 9.59 Å². The van der Waals surface area contributed by atoms with Crippen LogP contribution >= 0.6 is 11.3 Å². The highest BCUT2D eigenvalue weighted by molar-refractivity contribution is 7.11. The molecule has 2 N–H and O–H groups in total. The Balaban J connectivity index is 1.94. The molecule has 0 aliphatic heterocycles. The van der Waals surface area contributed by atoms with Crippen LogP contribution in [0.25, 0.3) is 0 Å². The normalized spacial score (nSPS) is 10.2. The minimum Gasteiger partial charge on any atom is -0.494 e. The summed E-state index contributed by atoms with van der Waals surface area (Å²) in [6.07, 6.45) is 0. The monoisotopic (exact) mass is 333 g/mol. The average molecular weight is 333 g/mol. The summed E-state index contributed by atoms with van der Waals surface area (Å²) in [5.41, 5.74) is 1.18. The molecule has 2 aromatic rings. The molecule has 0 fully saturated rings. The van der Waals surface area contributed by atoms with Crippen LogP contribution in [0.5, 0.6) is 5.75 Å². The van der Waals surface area contributed by atoms with Crippen molar-refractivity contribution in [3.05, 3.63) is 45.9 Å². The summed E-state index contributed by atoms with van der Waals surface area (Å²) in [6.45, 7) is 5.24. The van der Waals surface area contributed by atoms with E-state index < -0.39 is 0 Å². The van der Waals surface area contributed by atoms with E-state index in [1.54, 1.807) is 5.38 Å². The van der Waals surface area contributed by atoms with Crippen molar-refractivity contribution in [1.82, 2.24) is 15.6 Å². The van der Waals surface area contributed by atoms with E-state index in [1.807, 2.05) is 38.1 Å². The van der Waals surface area contributed by atoms with Gasteiger partial charge in [-0.1, -0.05) is 12.1 Å². The smallest absolute Gasteiger partial charge is 0.280 e. The Morgan fingerprint density at radius 2 is 2.04 bits per heavy atom. The maximum absolute atomic E-state index is 12.1. The van der Waals surface area contributed by atoms with Crippen LogP contribution in [-0.4, -0.2) is 29.9 Å². The molecule has 0 saturated heterocycles. The van der Waals surface area contributed by atoms with Crippen molar-refractivity contribution in [2.75, 3.05) is 13.2 Å². The van der Waals surface area contributed by atoms with Crippen molar-refractivity contribution in [2.45, 2.75) is 20.4 Å². The van der Waals surface area contributed by atoms with Gasteiger partial charge in [-0.25, -0.2) is 4.98 Å². The zero-order chi connectivity index (χ0) is 16.7. The molecule has 0 radical (unpaired) electrons. The largest absolute Gasteiger partial charge is 0.494 e. The Morgan fingerprint density at radius 3 is 2.78 bits per heavy atom. The maximum Gasteiger partial charge on any atom is 0.280 e. The lowest BCUT2D eigenvalue weighted by atomic mass is 10.2. The predicted molar refractivity (Wildman–Crippen MR) is 88.9 cm³/mol. The van der Waals surface area contributed by atoms with Crippen molar-refractivity contribution in [1.29, 1.82) is 0 Å². The molecule has 0 saturated carbocycles. The number of carbonyl (C=O) groups excluding carboxylic acids is 2. The van der Waals surface area contributed by atoms with Gasteiger partial charge in [0.2, 0.25) is 0 Å². The van der Waals surface area contributed by atoms with Crippen molar-refractivity contribution in [3.8, 4) is 5.75 Å².